The first kappa shape index (κ1) is 25.8. The molecule has 11 nitrogen and oxygen atoms in total. The number of imide groups is 1. The third kappa shape index (κ3) is 6.22. The van der Waals surface area contributed by atoms with E-state index in [-0.39, 0.29) is 11.3 Å². The number of carbonyl (C=O) groups is 4. The summed E-state index contributed by atoms with van der Waals surface area (Å²) < 4.78 is 32.3. The van der Waals surface area contributed by atoms with Gasteiger partial charge >= 0.3 is 6.09 Å². The highest BCUT2D eigenvalue weighted by molar-refractivity contribution is 7.89. The topological polar surface area (TPSA) is 165 Å². The molecule has 35 heavy (non-hydrogen) atoms. The Morgan fingerprint density at radius 3 is 2.31 bits per heavy atom. The second-order valence-electron chi connectivity index (χ2n) is 8.09. The van der Waals surface area contributed by atoms with E-state index in [1.54, 1.807) is 42.5 Å². The molecule has 1 aliphatic rings. The minimum atomic E-state index is -3.96. The summed E-state index contributed by atoms with van der Waals surface area (Å²) in [5.41, 5.74) is 7.00. The number of sulfonamides is 1. The number of carbonyl (C=O) groups excluding carboxylic acids is 4. The van der Waals surface area contributed by atoms with E-state index >= 15 is 0 Å². The van der Waals surface area contributed by atoms with E-state index in [4.69, 9.17) is 10.5 Å². The molecule has 12 heteroatoms. The van der Waals surface area contributed by atoms with Crippen molar-refractivity contribution in [3.05, 3.63) is 65.7 Å². The third-order valence-corrected chi connectivity index (χ3v) is 6.94. The smallest absolute Gasteiger partial charge is 0.418 e. The van der Waals surface area contributed by atoms with Crippen LogP contribution < -0.4 is 15.8 Å². The van der Waals surface area contributed by atoms with E-state index in [1.165, 1.54) is 19.1 Å². The van der Waals surface area contributed by atoms with Crippen molar-refractivity contribution < 1.29 is 32.3 Å². The molecule has 3 atom stereocenters. The molecule has 186 valence electrons. The molecule has 4 N–H and O–H groups in total. The van der Waals surface area contributed by atoms with Crippen molar-refractivity contribution in [3.63, 3.8) is 0 Å². The highest BCUT2D eigenvalue weighted by Crippen LogP contribution is 2.19. The van der Waals surface area contributed by atoms with Gasteiger partial charge in [0, 0.05) is 6.42 Å². The first-order valence-corrected chi connectivity index (χ1v) is 12.2. The van der Waals surface area contributed by atoms with Crippen molar-refractivity contribution >= 4 is 33.8 Å². The quantitative estimate of drug-likeness (QED) is 0.418. The number of cyclic esters (lactones) is 1. The van der Waals surface area contributed by atoms with Gasteiger partial charge in [-0.2, -0.15) is 4.72 Å². The van der Waals surface area contributed by atoms with Crippen molar-refractivity contribution in [1.82, 2.24) is 14.9 Å². The fraction of sp³-hybridized carbons (Fsp3) is 0.304. The molecule has 1 heterocycles. The lowest BCUT2D eigenvalue weighted by atomic mass is 10.0. The van der Waals surface area contributed by atoms with Gasteiger partial charge in [0.1, 0.15) is 6.04 Å². The average Bonchev–Trinajstić information content (AvgIpc) is 3.09. The van der Waals surface area contributed by atoms with Crippen LogP contribution in [0.4, 0.5) is 4.79 Å². The van der Waals surface area contributed by atoms with E-state index in [0.29, 0.717) is 10.5 Å². The SMILES string of the molecule is Cc1ccc(S(=O)(=O)N[C@@H](C)C(=O)NC[C@@H]2OC(=O)N([C@@H](Cc3ccccc3)C(N)=O)C2=O)cc1. The minimum Gasteiger partial charge on any atom is -0.434 e. The third-order valence-electron chi connectivity index (χ3n) is 5.38. The number of aryl methyl sites for hydroxylation is 1. The fourth-order valence-electron chi connectivity index (χ4n) is 3.46. The Labute approximate surface area is 202 Å². The van der Waals surface area contributed by atoms with Crippen LogP contribution in [-0.4, -0.2) is 61.9 Å². The summed E-state index contributed by atoms with van der Waals surface area (Å²) in [5.74, 6) is -2.45. The zero-order valence-corrected chi connectivity index (χ0v) is 19.9. The summed E-state index contributed by atoms with van der Waals surface area (Å²) >= 11 is 0. The Balaban J connectivity index is 1.61. The first-order valence-electron chi connectivity index (χ1n) is 10.7. The molecular weight excluding hydrogens is 476 g/mol. The van der Waals surface area contributed by atoms with Gasteiger partial charge in [0.15, 0.2) is 6.10 Å². The molecule has 0 aliphatic carbocycles. The Morgan fingerprint density at radius 1 is 1.09 bits per heavy atom. The molecule has 1 aliphatic heterocycles. The molecule has 2 aromatic carbocycles. The number of hydrogen-bond donors (Lipinski definition) is 3. The normalized spacial score (nSPS) is 17.5. The van der Waals surface area contributed by atoms with Gasteiger partial charge in [0.05, 0.1) is 17.5 Å². The van der Waals surface area contributed by atoms with Crippen molar-refractivity contribution in [2.45, 2.75) is 43.4 Å². The molecule has 0 saturated carbocycles. The van der Waals surface area contributed by atoms with Crippen LogP contribution in [0, 0.1) is 6.92 Å². The lowest BCUT2D eigenvalue weighted by Crippen LogP contribution is -2.51. The maximum atomic E-state index is 12.8. The predicted molar refractivity (Wildman–Crippen MR) is 124 cm³/mol. The molecule has 4 amide bonds. The zero-order valence-electron chi connectivity index (χ0n) is 19.1. The molecule has 0 bridgehead atoms. The van der Waals surface area contributed by atoms with Gasteiger partial charge < -0.3 is 15.8 Å². The predicted octanol–water partition coefficient (Wildman–Crippen LogP) is 0.222. The Hall–Kier alpha value is -3.77. The summed E-state index contributed by atoms with van der Waals surface area (Å²) in [5, 5.41) is 2.39. The number of ether oxygens (including phenoxy) is 1. The summed E-state index contributed by atoms with van der Waals surface area (Å²) in [6.07, 6.45) is -2.43. The van der Waals surface area contributed by atoms with Crippen LogP contribution in [0.3, 0.4) is 0 Å². The molecular formula is C23H26N4O7S. The van der Waals surface area contributed by atoms with E-state index in [1.807, 2.05) is 6.92 Å². The zero-order chi connectivity index (χ0) is 25.8. The van der Waals surface area contributed by atoms with Gasteiger partial charge in [-0.25, -0.2) is 18.1 Å². The van der Waals surface area contributed by atoms with E-state index in [9.17, 15) is 27.6 Å². The number of primary amides is 1. The number of hydrogen-bond acceptors (Lipinski definition) is 7. The van der Waals surface area contributed by atoms with Crippen LogP contribution in [0.5, 0.6) is 0 Å². The second kappa shape index (κ2) is 10.7. The monoisotopic (exact) mass is 502 g/mol. The van der Waals surface area contributed by atoms with Gasteiger partial charge in [0.2, 0.25) is 21.8 Å². The van der Waals surface area contributed by atoms with E-state index in [2.05, 4.69) is 10.0 Å². The van der Waals surface area contributed by atoms with Crippen molar-refractivity contribution in [1.29, 1.82) is 0 Å². The highest BCUT2D eigenvalue weighted by atomic mass is 32.2. The lowest BCUT2D eigenvalue weighted by Gasteiger charge is -2.21. The van der Waals surface area contributed by atoms with Crippen LogP contribution in [0.1, 0.15) is 18.1 Å². The van der Waals surface area contributed by atoms with Crippen molar-refractivity contribution in [3.8, 4) is 0 Å². The standard InChI is InChI=1S/C23H26N4O7S/c1-14-8-10-17(11-9-14)35(32,33)26-15(2)21(29)25-13-19-22(30)27(23(31)34-19)18(20(24)28)12-16-6-4-3-5-7-16/h3-11,15,18-19,26H,12-13H2,1-2H3,(H2,24,28)(H,25,29)/t15-,18-,19-/m0/s1. The van der Waals surface area contributed by atoms with Gasteiger partial charge in [-0.3, -0.25) is 14.4 Å². The molecule has 2 aromatic rings. The molecule has 1 saturated heterocycles. The van der Waals surface area contributed by atoms with Gasteiger partial charge in [-0.1, -0.05) is 48.0 Å². The highest BCUT2D eigenvalue weighted by Gasteiger charge is 2.46. The molecule has 1 fully saturated rings. The van der Waals surface area contributed by atoms with Gasteiger partial charge in [-0.05, 0) is 31.5 Å². The van der Waals surface area contributed by atoms with Crippen molar-refractivity contribution in [2.75, 3.05) is 6.54 Å². The summed E-state index contributed by atoms with van der Waals surface area (Å²) in [7, 11) is -3.96. The lowest BCUT2D eigenvalue weighted by molar-refractivity contribution is -0.135. The number of nitrogens with two attached hydrogens (primary N) is 1. The number of rotatable bonds is 10. The summed E-state index contributed by atoms with van der Waals surface area (Å²) in [4.78, 5) is 50.2. The Bertz CT molecular complexity index is 1220. The molecule has 0 radical (unpaired) electrons. The maximum Gasteiger partial charge on any atom is 0.418 e. The summed E-state index contributed by atoms with van der Waals surface area (Å²) in [6, 6.07) is 12.3. The number of amides is 4. The average molecular weight is 503 g/mol. The number of nitrogens with one attached hydrogen (secondary N) is 2. The Morgan fingerprint density at radius 2 is 1.71 bits per heavy atom. The minimum absolute atomic E-state index is 0.00537. The fourth-order valence-corrected chi connectivity index (χ4v) is 4.66. The number of nitrogens with zero attached hydrogens (tertiary/aromatic N) is 1. The van der Waals surface area contributed by atoms with Gasteiger partial charge in [-0.15, -0.1) is 0 Å². The van der Waals surface area contributed by atoms with Gasteiger partial charge in [0.25, 0.3) is 5.91 Å². The largest absolute Gasteiger partial charge is 0.434 e. The Kier molecular flexibility index (Phi) is 7.87. The van der Waals surface area contributed by atoms with E-state index < -0.39 is 58.6 Å². The molecule has 0 unspecified atom stereocenters. The van der Waals surface area contributed by atoms with E-state index in [0.717, 1.165) is 5.56 Å². The van der Waals surface area contributed by atoms with Crippen LogP contribution in [0.15, 0.2) is 59.5 Å². The maximum absolute atomic E-state index is 12.8. The molecule has 0 aromatic heterocycles. The number of benzene rings is 2. The van der Waals surface area contributed by atoms with Crippen LogP contribution in [0.25, 0.3) is 0 Å². The second-order valence-corrected chi connectivity index (χ2v) is 9.80. The van der Waals surface area contributed by atoms with Crippen LogP contribution in [0.2, 0.25) is 0 Å². The van der Waals surface area contributed by atoms with Crippen LogP contribution in [-0.2, 0) is 35.6 Å². The molecule has 0 spiro atoms. The van der Waals surface area contributed by atoms with Crippen LogP contribution >= 0.6 is 0 Å². The van der Waals surface area contributed by atoms with Crippen molar-refractivity contribution in [2.24, 2.45) is 5.73 Å². The molecule has 3 rings (SSSR count). The summed E-state index contributed by atoms with van der Waals surface area (Å²) in [6.45, 7) is 2.73. The first-order chi connectivity index (χ1) is 16.5.